The molecule has 1 aliphatic carbocycles. The van der Waals surface area contributed by atoms with Crippen molar-refractivity contribution in [3.8, 4) is 0 Å². The van der Waals surface area contributed by atoms with Crippen molar-refractivity contribution >= 4 is 5.97 Å². The van der Waals surface area contributed by atoms with Crippen LogP contribution in [0.4, 0.5) is 0 Å². The van der Waals surface area contributed by atoms with Gasteiger partial charge in [0.1, 0.15) is 0 Å². The molecule has 0 aromatic carbocycles. The lowest BCUT2D eigenvalue weighted by atomic mass is 9.80. The zero-order chi connectivity index (χ0) is 10.7. The number of hydrogen-bond acceptors (Lipinski definition) is 2. The van der Waals surface area contributed by atoms with E-state index in [1.54, 1.807) is 0 Å². The van der Waals surface area contributed by atoms with Crippen molar-refractivity contribution in [3.63, 3.8) is 0 Å². The minimum absolute atomic E-state index is 0.188. The number of hydrogen-bond donors (Lipinski definition) is 0. The molecule has 0 aromatic rings. The second-order valence-electron chi connectivity index (χ2n) is 4.18. The van der Waals surface area contributed by atoms with Gasteiger partial charge in [-0.05, 0) is 25.2 Å². The molecule has 0 amide bonds. The Bertz CT molecular complexity index is 285. The van der Waals surface area contributed by atoms with Gasteiger partial charge >= 0.3 is 5.97 Å². The number of methoxy groups -OCH3 is 1. The maximum atomic E-state index is 11.5. The fourth-order valence-electron chi connectivity index (χ4n) is 1.81. The minimum Gasteiger partial charge on any atom is -0.466 e. The van der Waals surface area contributed by atoms with Crippen LogP contribution in [0.2, 0.25) is 0 Å². The number of allylic oxidation sites excluding steroid dienone is 3. The first-order valence-corrected chi connectivity index (χ1v) is 5.02. The van der Waals surface area contributed by atoms with Crippen LogP contribution in [-0.2, 0) is 9.53 Å². The molecule has 1 unspecified atom stereocenters. The van der Waals surface area contributed by atoms with Crippen molar-refractivity contribution in [2.45, 2.75) is 27.2 Å². The summed E-state index contributed by atoms with van der Waals surface area (Å²) in [6.45, 7) is 6.38. The van der Waals surface area contributed by atoms with Crippen LogP contribution in [0.3, 0.4) is 0 Å². The number of ether oxygens (including phenoxy) is 1. The summed E-state index contributed by atoms with van der Waals surface area (Å²) in [6, 6.07) is 0. The van der Waals surface area contributed by atoms with E-state index in [9.17, 15) is 4.79 Å². The SMILES string of the molecule is COC(=O)C1=CC=C(C)CC1C(C)C. The van der Waals surface area contributed by atoms with Crippen molar-refractivity contribution < 1.29 is 9.53 Å². The highest BCUT2D eigenvalue weighted by Crippen LogP contribution is 2.31. The zero-order valence-corrected chi connectivity index (χ0v) is 9.33. The molecular formula is C12H18O2. The van der Waals surface area contributed by atoms with Gasteiger partial charge in [0, 0.05) is 5.57 Å². The van der Waals surface area contributed by atoms with E-state index in [-0.39, 0.29) is 5.97 Å². The topological polar surface area (TPSA) is 26.3 Å². The summed E-state index contributed by atoms with van der Waals surface area (Å²) in [5, 5.41) is 0. The molecular weight excluding hydrogens is 176 g/mol. The van der Waals surface area contributed by atoms with Gasteiger partial charge in [0.15, 0.2) is 0 Å². The van der Waals surface area contributed by atoms with E-state index in [0.717, 1.165) is 12.0 Å². The average Bonchev–Trinajstić information content (AvgIpc) is 2.16. The second kappa shape index (κ2) is 4.45. The Morgan fingerprint density at radius 2 is 2.14 bits per heavy atom. The first-order chi connectivity index (χ1) is 6.56. The lowest BCUT2D eigenvalue weighted by Crippen LogP contribution is -2.21. The van der Waals surface area contributed by atoms with Crippen molar-refractivity contribution in [3.05, 3.63) is 23.3 Å². The van der Waals surface area contributed by atoms with E-state index in [0.29, 0.717) is 11.8 Å². The Kier molecular flexibility index (Phi) is 3.50. The molecule has 1 aliphatic rings. The standard InChI is InChI=1S/C12H18O2/c1-8(2)11-7-9(3)5-6-10(11)12(13)14-4/h5-6,8,11H,7H2,1-4H3. The molecule has 0 spiro atoms. The van der Waals surface area contributed by atoms with Crippen LogP contribution in [-0.4, -0.2) is 13.1 Å². The second-order valence-corrected chi connectivity index (χ2v) is 4.18. The third-order valence-electron chi connectivity index (χ3n) is 2.71. The summed E-state index contributed by atoms with van der Waals surface area (Å²) >= 11 is 0. The predicted molar refractivity (Wildman–Crippen MR) is 56.8 cm³/mol. The van der Waals surface area contributed by atoms with Crippen LogP contribution < -0.4 is 0 Å². The monoisotopic (exact) mass is 194 g/mol. The quantitative estimate of drug-likeness (QED) is 0.632. The Morgan fingerprint density at radius 1 is 1.50 bits per heavy atom. The highest BCUT2D eigenvalue weighted by Gasteiger charge is 2.26. The van der Waals surface area contributed by atoms with Gasteiger partial charge < -0.3 is 4.74 Å². The molecule has 0 bridgehead atoms. The highest BCUT2D eigenvalue weighted by atomic mass is 16.5. The van der Waals surface area contributed by atoms with E-state index >= 15 is 0 Å². The van der Waals surface area contributed by atoms with E-state index in [1.165, 1.54) is 12.7 Å². The van der Waals surface area contributed by atoms with Crippen LogP contribution in [0, 0.1) is 11.8 Å². The third-order valence-corrected chi connectivity index (χ3v) is 2.71. The number of esters is 1. The molecule has 2 nitrogen and oxygen atoms in total. The van der Waals surface area contributed by atoms with Crippen LogP contribution >= 0.6 is 0 Å². The van der Waals surface area contributed by atoms with Crippen LogP contribution in [0.15, 0.2) is 23.3 Å². The smallest absolute Gasteiger partial charge is 0.334 e. The van der Waals surface area contributed by atoms with Gasteiger partial charge in [-0.25, -0.2) is 4.79 Å². The van der Waals surface area contributed by atoms with Gasteiger partial charge in [0.05, 0.1) is 7.11 Å². The first-order valence-electron chi connectivity index (χ1n) is 5.02. The molecule has 78 valence electrons. The summed E-state index contributed by atoms with van der Waals surface area (Å²) in [6.07, 6.45) is 4.87. The molecule has 1 rings (SSSR count). The molecule has 0 radical (unpaired) electrons. The summed E-state index contributed by atoms with van der Waals surface area (Å²) in [5.74, 6) is 0.601. The van der Waals surface area contributed by atoms with E-state index < -0.39 is 0 Å². The van der Waals surface area contributed by atoms with Crippen molar-refractivity contribution in [2.24, 2.45) is 11.8 Å². The number of carbonyl (C=O) groups is 1. The van der Waals surface area contributed by atoms with Crippen molar-refractivity contribution in [1.82, 2.24) is 0 Å². The Balaban J connectivity index is 2.92. The maximum absolute atomic E-state index is 11.5. The third kappa shape index (κ3) is 2.25. The summed E-state index contributed by atoms with van der Waals surface area (Å²) in [4.78, 5) is 11.5. The van der Waals surface area contributed by atoms with Gasteiger partial charge in [-0.1, -0.05) is 31.6 Å². The van der Waals surface area contributed by atoms with Gasteiger partial charge in [-0.2, -0.15) is 0 Å². The summed E-state index contributed by atoms with van der Waals surface area (Å²) < 4.78 is 4.77. The zero-order valence-electron chi connectivity index (χ0n) is 9.33. The van der Waals surface area contributed by atoms with Crippen LogP contribution in [0.1, 0.15) is 27.2 Å². The fourth-order valence-corrected chi connectivity index (χ4v) is 1.81. The van der Waals surface area contributed by atoms with Crippen molar-refractivity contribution in [2.75, 3.05) is 7.11 Å². The summed E-state index contributed by atoms with van der Waals surface area (Å²) in [7, 11) is 1.44. The number of rotatable bonds is 2. The minimum atomic E-state index is -0.188. The van der Waals surface area contributed by atoms with Gasteiger partial charge in [-0.3, -0.25) is 0 Å². The summed E-state index contributed by atoms with van der Waals surface area (Å²) in [5.41, 5.74) is 2.14. The Hall–Kier alpha value is -1.05. The van der Waals surface area contributed by atoms with E-state index in [4.69, 9.17) is 4.74 Å². The normalized spacial score (nSPS) is 21.6. The van der Waals surface area contributed by atoms with Crippen LogP contribution in [0.5, 0.6) is 0 Å². The molecule has 0 aliphatic heterocycles. The van der Waals surface area contributed by atoms with Crippen molar-refractivity contribution in [1.29, 1.82) is 0 Å². The van der Waals surface area contributed by atoms with Gasteiger partial charge in [-0.15, -0.1) is 0 Å². The highest BCUT2D eigenvalue weighted by molar-refractivity contribution is 5.89. The predicted octanol–water partition coefficient (Wildman–Crippen LogP) is 2.71. The maximum Gasteiger partial charge on any atom is 0.334 e. The Labute approximate surface area is 85.6 Å². The molecule has 2 heteroatoms. The lowest BCUT2D eigenvalue weighted by Gasteiger charge is -2.25. The van der Waals surface area contributed by atoms with Gasteiger partial charge in [0.2, 0.25) is 0 Å². The largest absolute Gasteiger partial charge is 0.466 e. The molecule has 0 aromatic heterocycles. The molecule has 0 saturated heterocycles. The fraction of sp³-hybridized carbons (Fsp3) is 0.583. The van der Waals surface area contributed by atoms with Crippen LogP contribution in [0.25, 0.3) is 0 Å². The number of carbonyl (C=O) groups excluding carboxylic acids is 1. The molecule has 14 heavy (non-hydrogen) atoms. The van der Waals surface area contributed by atoms with E-state index in [1.807, 2.05) is 12.2 Å². The van der Waals surface area contributed by atoms with Gasteiger partial charge in [0.25, 0.3) is 0 Å². The van der Waals surface area contributed by atoms with E-state index in [2.05, 4.69) is 20.8 Å². The first kappa shape index (κ1) is 11.0. The molecule has 0 N–H and O–H groups in total. The molecule has 0 heterocycles. The Morgan fingerprint density at radius 3 is 2.64 bits per heavy atom. The molecule has 0 saturated carbocycles. The molecule has 0 fully saturated rings. The molecule has 1 atom stereocenters. The average molecular weight is 194 g/mol. The lowest BCUT2D eigenvalue weighted by molar-refractivity contribution is -0.136.